The minimum atomic E-state index is -0.570. The van der Waals surface area contributed by atoms with Crippen molar-refractivity contribution in [1.82, 2.24) is 0 Å². The lowest BCUT2D eigenvalue weighted by Crippen LogP contribution is -2.15. The Morgan fingerprint density at radius 2 is 1.88 bits per heavy atom. The first-order chi connectivity index (χ1) is 11.4. The van der Waals surface area contributed by atoms with E-state index in [1.54, 1.807) is 12.1 Å². The van der Waals surface area contributed by atoms with Crippen molar-refractivity contribution in [1.29, 1.82) is 5.26 Å². The quantitative estimate of drug-likeness (QED) is 0.591. The highest BCUT2D eigenvalue weighted by Crippen LogP contribution is 2.25. The maximum Gasteiger partial charge on any atom is 0.267 e. The Kier molecular flexibility index (Phi) is 5.86. The summed E-state index contributed by atoms with van der Waals surface area (Å²) in [6.45, 7) is 3.90. The van der Waals surface area contributed by atoms with Gasteiger partial charge in [0.2, 0.25) is 0 Å². The van der Waals surface area contributed by atoms with Crippen LogP contribution in [-0.2, 0) is 4.79 Å². The van der Waals surface area contributed by atoms with Crippen LogP contribution in [0.5, 0.6) is 0 Å². The van der Waals surface area contributed by atoms with Crippen LogP contribution in [0.3, 0.4) is 0 Å². The monoisotopic (exact) mass is 359 g/mol. The van der Waals surface area contributed by atoms with Crippen molar-refractivity contribution >= 4 is 40.5 Å². The summed E-state index contributed by atoms with van der Waals surface area (Å²) >= 11 is 11.9. The van der Waals surface area contributed by atoms with Crippen LogP contribution in [-0.4, -0.2) is 5.91 Å². The van der Waals surface area contributed by atoms with Crippen LogP contribution < -0.4 is 10.6 Å². The zero-order chi connectivity index (χ0) is 17.7. The van der Waals surface area contributed by atoms with Crippen molar-refractivity contribution in [3.63, 3.8) is 0 Å². The minimum Gasteiger partial charge on any atom is -0.360 e. The lowest BCUT2D eigenvalue weighted by molar-refractivity contribution is -0.112. The smallest absolute Gasteiger partial charge is 0.267 e. The Balaban J connectivity index is 2.18. The maximum absolute atomic E-state index is 12.2. The van der Waals surface area contributed by atoms with Crippen LogP contribution in [0, 0.1) is 25.2 Å². The molecule has 0 aliphatic carbocycles. The van der Waals surface area contributed by atoms with Crippen molar-refractivity contribution in [2.45, 2.75) is 13.8 Å². The summed E-state index contributed by atoms with van der Waals surface area (Å²) in [6, 6.07) is 12.5. The van der Waals surface area contributed by atoms with Gasteiger partial charge in [-0.25, -0.2) is 0 Å². The first-order valence-electron chi connectivity index (χ1n) is 7.11. The van der Waals surface area contributed by atoms with Gasteiger partial charge in [-0.05, 0) is 49.2 Å². The summed E-state index contributed by atoms with van der Waals surface area (Å²) in [5.74, 6) is -0.570. The fourth-order valence-corrected chi connectivity index (χ4v) is 2.31. The number of amides is 1. The van der Waals surface area contributed by atoms with E-state index in [9.17, 15) is 10.1 Å². The number of anilines is 2. The van der Waals surface area contributed by atoms with Crippen LogP contribution in [0.1, 0.15) is 11.1 Å². The Bertz CT molecular complexity index is 854. The van der Waals surface area contributed by atoms with Crippen molar-refractivity contribution in [2.24, 2.45) is 0 Å². The first kappa shape index (κ1) is 17.9. The molecule has 0 aromatic heterocycles. The van der Waals surface area contributed by atoms with Crippen LogP contribution >= 0.6 is 23.2 Å². The van der Waals surface area contributed by atoms with Gasteiger partial charge >= 0.3 is 0 Å². The molecule has 2 rings (SSSR count). The zero-order valence-electron chi connectivity index (χ0n) is 13.2. The van der Waals surface area contributed by atoms with E-state index in [1.807, 2.05) is 38.1 Å². The molecule has 0 fully saturated rings. The second-order valence-corrected chi connectivity index (χ2v) is 6.05. The normalized spacial score (nSPS) is 10.9. The number of rotatable bonds is 4. The van der Waals surface area contributed by atoms with Crippen molar-refractivity contribution < 1.29 is 4.79 Å². The third-order valence-corrected chi connectivity index (χ3v) is 3.87. The molecule has 2 aromatic rings. The van der Waals surface area contributed by atoms with Gasteiger partial charge in [-0.3, -0.25) is 4.79 Å². The second-order valence-electron chi connectivity index (χ2n) is 5.21. The van der Waals surface area contributed by atoms with Gasteiger partial charge < -0.3 is 10.6 Å². The molecule has 0 saturated carbocycles. The van der Waals surface area contributed by atoms with Crippen molar-refractivity contribution in [3.8, 4) is 6.07 Å². The summed E-state index contributed by atoms with van der Waals surface area (Å²) in [4.78, 5) is 12.2. The van der Waals surface area contributed by atoms with E-state index in [2.05, 4.69) is 10.6 Å². The molecule has 4 nitrogen and oxygen atoms in total. The van der Waals surface area contributed by atoms with Crippen LogP contribution in [0.25, 0.3) is 0 Å². The highest BCUT2D eigenvalue weighted by atomic mass is 35.5. The molecule has 0 unspecified atom stereocenters. The summed E-state index contributed by atoms with van der Waals surface area (Å²) in [7, 11) is 0. The summed E-state index contributed by atoms with van der Waals surface area (Å²) in [5.41, 5.74) is 3.18. The van der Waals surface area contributed by atoms with Crippen molar-refractivity contribution in [2.75, 3.05) is 10.6 Å². The molecule has 24 heavy (non-hydrogen) atoms. The van der Waals surface area contributed by atoms with E-state index in [0.717, 1.165) is 16.8 Å². The number of benzene rings is 2. The van der Waals surface area contributed by atoms with Gasteiger partial charge in [-0.15, -0.1) is 0 Å². The van der Waals surface area contributed by atoms with Crippen molar-refractivity contribution in [3.05, 3.63) is 69.3 Å². The molecule has 0 aliphatic rings. The molecule has 0 heterocycles. The molecule has 6 heteroatoms. The van der Waals surface area contributed by atoms with Gasteiger partial charge in [0.1, 0.15) is 11.6 Å². The Labute approximate surface area is 150 Å². The average Bonchev–Trinajstić information content (AvgIpc) is 2.54. The number of hydrogen-bond acceptors (Lipinski definition) is 3. The molecule has 1 amide bonds. The van der Waals surface area contributed by atoms with Gasteiger partial charge in [0, 0.05) is 16.9 Å². The van der Waals surface area contributed by atoms with Crippen LogP contribution in [0.2, 0.25) is 10.0 Å². The number of halogens is 2. The number of hydrogen-bond donors (Lipinski definition) is 2. The number of carbonyl (C=O) groups excluding carboxylic acids is 1. The number of nitriles is 1. The largest absolute Gasteiger partial charge is 0.360 e. The molecule has 0 spiro atoms. The SMILES string of the molecule is Cc1ccc(C)c(N/C=C(/C#N)C(=O)Nc2cc(Cl)ccc2Cl)c1. The second kappa shape index (κ2) is 7.87. The lowest BCUT2D eigenvalue weighted by atomic mass is 10.1. The zero-order valence-corrected chi connectivity index (χ0v) is 14.7. The summed E-state index contributed by atoms with van der Waals surface area (Å²) in [6.07, 6.45) is 1.37. The molecule has 0 aliphatic heterocycles. The summed E-state index contributed by atoms with van der Waals surface area (Å²) in [5, 5.41) is 15.6. The lowest BCUT2D eigenvalue weighted by Gasteiger charge is -2.09. The van der Waals surface area contributed by atoms with Crippen LogP contribution in [0.15, 0.2) is 48.2 Å². The highest BCUT2D eigenvalue weighted by molar-refractivity contribution is 6.35. The molecular formula is C18H15Cl2N3O. The topological polar surface area (TPSA) is 64.9 Å². The van der Waals surface area contributed by atoms with Gasteiger partial charge in [0.05, 0.1) is 10.7 Å². The van der Waals surface area contributed by atoms with E-state index in [0.29, 0.717) is 15.7 Å². The van der Waals surface area contributed by atoms with E-state index in [1.165, 1.54) is 12.3 Å². The predicted molar refractivity (Wildman–Crippen MR) is 98.3 cm³/mol. The number of nitrogens with zero attached hydrogens (tertiary/aromatic N) is 1. The highest BCUT2D eigenvalue weighted by Gasteiger charge is 2.12. The number of nitrogens with one attached hydrogen (secondary N) is 2. The van der Waals surface area contributed by atoms with Crippen LogP contribution in [0.4, 0.5) is 11.4 Å². The summed E-state index contributed by atoms with van der Waals surface area (Å²) < 4.78 is 0. The molecule has 2 N–H and O–H groups in total. The fourth-order valence-electron chi connectivity index (χ4n) is 1.97. The Hall–Kier alpha value is -2.48. The molecular weight excluding hydrogens is 345 g/mol. The maximum atomic E-state index is 12.2. The molecule has 0 atom stereocenters. The molecule has 2 aromatic carbocycles. The van der Waals surface area contributed by atoms with Gasteiger partial charge in [-0.1, -0.05) is 35.3 Å². The molecule has 0 bridgehead atoms. The Morgan fingerprint density at radius 3 is 2.58 bits per heavy atom. The third-order valence-electron chi connectivity index (χ3n) is 3.31. The van der Waals surface area contributed by atoms with Gasteiger partial charge in [0.15, 0.2) is 0 Å². The number of carbonyl (C=O) groups is 1. The Morgan fingerprint density at radius 1 is 1.12 bits per heavy atom. The molecule has 0 radical (unpaired) electrons. The third kappa shape index (κ3) is 4.51. The van der Waals surface area contributed by atoms with E-state index in [4.69, 9.17) is 23.2 Å². The van der Waals surface area contributed by atoms with Gasteiger partial charge in [0.25, 0.3) is 5.91 Å². The first-order valence-corrected chi connectivity index (χ1v) is 7.87. The molecule has 122 valence electrons. The average molecular weight is 360 g/mol. The van der Waals surface area contributed by atoms with E-state index >= 15 is 0 Å². The number of aryl methyl sites for hydroxylation is 2. The standard InChI is InChI=1S/C18H15Cl2N3O/c1-11-3-4-12(2)16(7-11)22-10-13(9-21)18(24)23-17-8-14(19)5-6-15(17)20/h3-8,10,22H,1-2H3,(H,23,24)/b13-10-. The van der Waals surface area contributed by atoms with E-state index in [-0.39, 0.29) is 5.57 Å². The molecule has 0 saturated heterocycles. The minimum absolute atomic E-state index is 0.0769. The van der Waals surface area contributed by atoms with Gasteiger partial charge in [-0.2, -0.15) is 5.26 Å². The fraction of sp³-hybridized carbons (Fsp3) is 0.111. The van der Waals surface area contributed by atoms with E-state index < -0.39 is 5.91 Å². The predicted octanol–water partition coefficient (Wildman–Crippen LogP) is 5.07.